The van der Waals surface area contributed by atoms with E-state index in [1.807, 2.05) is 24.3 Å². The molecular weight excluding hydrogens is 585 g/mol. The number of aromatic nitrogens is 2. The molecule has 2 heterocycles. The summed E-state index contributed by atoms with van der Waals surface area (Å²) in [6.45, 7) is 0. The van der Waals surface area contributed by atoms with Gasteiger partial charge in [0.1, 0.15) is 17.3 Å². The lowest BCUT2D eigenvalue weighted by Crippen LogP contribution is -1.97. The summed E-state index contributed by atoms with van der Waals surface area (Å²) >= 11 is 0. The van der Waals surface area contributed by atoms with Crippen LogP contribution in [0.2, 0.25) is 0 Å². The van der Waals surface area contributed by atoms with Crippen LogP contribution in [0.1, 0.15) is 11.1 Å². The van der Waals surface area contributed by atoms with Crippen molar-refractivity contribution in [3.05, 3.63) is 181 Å². The molecule has 1 aromatic heterocycles. The summed E-state index contributed by atoms with van der Waals surface area (Å²) in [5.74, 6) is 2.58. The van der Waals surface area contributed by atoms with Crippen molar-refractivity contribution in [2.45, 2.75) is 0 Å². The van der Waals surface area contributed by atoms with E-state index in [4.69, 9.17) is 9.72 Å². The molecule has 0 N–H and O–H groups in total. The molecule has 0 atom stereocenters. The molecule has 48 heavy (non-hydrogen) atoms. The van der Waals surface area contributed by atoms with Crippen molar-refractivity contribution in [3.63, 3.8) is 0 Å². The molecule has 1 aliphatic rings. The largest absolute Gasteiger partial charge is 0.456 e. The number of hydrogen-bond donors (Lipinski definition) is 0. The number of ether oxygens (including phenoxy) is 1. The summed E-state index contributed by atoms with van der Waals surface area (Å²) in [5, 5.41) is 0. The first-order valence-electron chi connectivity index (χ1n) is 16.2. The molecule has 1 aliphatic heterocycles. The molecule has 0 saturated carbocycles. The van der Waals surface area contributed by atoms with Gasteiger partial charge in [0.2, 0.25) is 0 Å². The first-order valence-corrected chi connectivity index (χ1v) is 16.2. The fourth-order valence-electron chi connectivity index (χ4n) is 6.73. The van der Waals surface area contributed by atoms with Crippen molar-refractivity contribution in [2.75, 3.05) is 0 Å². The maximum atomic E-state index is 6.73. The van der Waals surface area contributed by atoms with Crippen molar-refractivity contribution < 1.29 is 4.74 Å². The summed E-state index contributed by atoms with van der Waals surface area (Å²) in [4.78, 5) is 5.06. The number of rotatable bonds is 3. The SMILES string of the molecule is C1=C\c2ccc(-c3ccc(-c4nc5ccccc5n4-c4ccccc4)cc3)cc2-c2ccccc2Oc2ccccc2-c2ccccc2/1. The van der Waals surface area contributed by atoms with Gasteiger partial charge in [0.25, 0.3) is 0 Å². The third-order valence-corrected chi connectivity index (χ3v) is 9.08. The van der Waals surface area contributed by atoms with Gasteiger partial charge in [0, 0.05) is 22.4 Å². The summed E-state index contributed by atoms with van der Waals surface area (Å²) in [7, 11) is 0. The zero-order chi connectivity index (χ0) is 31.9. The van der Waals surface area contributed by atoms with Crippen LogP contribution in [0.5, 0.6) is 11.5 Å². The first kappa shape index (κ1) is 27.8. The predicted octanol–water partition coefficient (Wildman–Crippen LogP) is 12.0. The molecule has 3 heteroatoms. The monoisotopic (exact) mass is 614 g/mol. The number of para-hydroxylation sites is 5. The van der Waals surface area contributed by atoms with Gasteiger partial charge < -0.3 is 4.74 Å². The van der Waals surface area contributed by atoms with Gasteiger partial charge in [-0.15, -0.1) is 0 Å². The number of nitrogens with zero attached hydrogens (tertiary/aromatic N) is 2. The van der Waals surface area contributed by atoms with E-state index in [-0.39, 0.29) is 0 Å². The Hall–Kier alpha value is -6.45. The maximum Gasteiger partial charge on any atom is 0.145 e. The van der Waals surface area contributed by atoms with Crippen molar-refractivity contribution in [3.8, 4) is 62.0 Å². The Bertz CT molecular complexity index is 2470. The van der Waals surface area contributed by atoms with Crippen LogP contribution in [-0.2, 0) is 0 Å². The van der Waals surface area contributed by atoms with Gasteiger partial charge in [-0.25, -0.2) is 4.98 Å². The molecule has 226 valence electrons. The van der Waals surface area contributed by atoms with Crippen LogP contribution in [0, 0.1) is 0 Å². The highest BCUT2D eigenvalue weighted by atomic mass is 16.5. The van der Waals surface area contributed by atoms with Crippen molar-refractivity contribution >= 4 is 23.2 Å². The van der Waals surface area contributed by atoms with Crippen LogP contribution in [0.4, 0.5) is 0 Å². The zero-order valence-electron chi connectivity index (χ0n) is 26.1. The van der Waals surface area contributed by atoms with Crippen LogP contribution >= 0.6 is 0 Å². The zero-order valence-corrected chi connectivity index (χ0v) is 26.1. The Labute approximate surface area is 279 Å². The number of fused-ring (bicyclic) bond motifs is 7. The highest BCUT2D eigenvalue weighted by Crippen LogP contribution is 2.42. The van der Waals surface area contributed by atoms with Gasteiger partial charge in [0.15, 0.2) is 0 Å². The minimum atomic E-state index is 0.825. The van der Waals surface area contributed by atoms with E-state index in [0.717, 1.165) is 84.1 Å². The predicted molar refractivity (Wildman–Crippen MR) is 198 cm³/mol. The quantitative estimate of drug-likeness (QED) is 0.198. The van der Waals surface area contributed by atoms with Crippen LogP contribution in [0.15, 0.2) is 170 Å². The molecule has 9 rings (SSSR count). The molecule has 0 bridgehead atoms. The van der Waals surface area contributed by atoms with Crippen molar-refractivity contribution in [2.24, 2.45) is 0 Å². The normalized spacial score (nSPS) is 12.5. The Kier molecular flexibility index (Phi) is 6.80. The van der Waals surface area contributed by atoms with Gasteiger partial charge in [-0.3, -0.25) is 4.57 Å². The van der Waals surface area contributed by atoms with E-state index >= 15 is 0 Å². The minimum Gasteiger partial charge on any atom is -0.456 e. The lowest BCUT2D eigenvalue weighted by atomic mass is 9.93. The molecule has 0 radical (unpaired) electrons. The molecule has 8 aromatic rings. The van der Waals surface area contributed by atoms with Gasteiger partial charge in [-0.05, 0) is 75.8 Å². The Balaban J connectivity index is 1.16. The molecule has 0 saturated heterocycles. The second-order valence-corrected chi connectivity index (χ2v) is 12.0. The number of hydrogen-bond acceptors (Lipinski definition) is 2. The van der Waals surface area contributed by atoms with Crippen LogP contribution in [-0.4, -0.2) is 9.55 Å². The summed E-state index contributed by atoms with van der Waals surface area (Å²) < 4.78 is 8.97. The van der Waals surface area contributed by atoms with E-state index in [1.54, 1.807) is 0 Å². The average molecular weight is 615 g/mol. The smallest absolute Gasteiger partial charge is 0.145 e. The highest BCUT2D eigenvalue weighted by Gasteiger charge is 2.18. The topological polar surface area (TPSA) is 27.1 Å². The molecular formula is C45H30N2O. The van der Waals surface area contributed by atoms with Crippen molar-refractivity contribution in [1.82, 2.24) is 9.55 Å². The fraction of sp³-hybridized carbons (Fsp3) is 0. The second kappa shape index (κ2) is 11.7. The van der Waals surface area contributed by atoms with Crippen LogP contribution in [0.3, 0.4) is 0 Å². The Morgan fingerprint density at radius 2 is 0.979 bits per heavy atom. The molecule has 0 spiro atoms. The van der Waals surface area contributed by atoms with Gasteiger partial charge >= 0.3 is 0 Å². The molecule has 0 aliphatic carbocycles. The van der Waals surface area contributed by atoms with Gasteiger partial charge in [-0.1, -0.05) is 140 Å². The number of benzene rings is 7. The molecule has 0 amide bonds. The summed E-state index contributed by atoms with van der Waals surface area (Å²) in [6.07, 6.45) is 4.44. The third kappa shape index (κ3) is 4.90. The Morgan fingerprint density at radius 1 is 0.417 bits per heavy atom. The van der Waals surface area contributed by atoms with E-state index in [1.165, 1.54) is 0 Å². The van der Waals surface area contributed by atoms with E-state index in [9.17, 15) is 0 Å². The van der Waals surface area contributed by atoms with Crippen LogP contribution in [0.25, 0.3) is 73.6 Å². The minimum absolute atomic E-state index is 0.825. The number of imidazole rings is 1. The molecule has 0 fully saturated rings. The van der Waals surface area contributed by atoms with Crippen LogP contribution < -0.4 is 4.74 Å². The summed E-state index contributed by atoms with van der Waals surface area (Å²) in [6, 6.07) is 59.3. The fourth-order valence-corrected chi connectivity index (χ4v) is 6.73. The van der Waals surface area contributed by atoms with E-state index < -0.39 is 0 Å². The molecule has 0 unspecified atom stereocenters. The highest BCUT2D eigenvalue weighted by molar-refractivity contribution is 5.91. The Morgan fingerprint density at radius 3 is 1.75 bits per heavy atom. The first-order chi connectivity index (χ1) is 23.8. The lowest BCUT2D eigenvalue weighted by Gasteiger charge is -2.16. The molecule has 7 aromatic carbocycles. The van der Waals surface area contributed by atoms with E-state index in [2.05, 4.69) is 162 Å². The lowest BCUT2D eigenvalue weighted by molar-refractivity contribution is 0.486. The second-order valence-electron chi connectivity index (χ2n) is 12.0. The summed E-state index contributed by atoms with van der Waals surface area (Å²) in [5.41, 5.74) is 13.1. The van der Waals surface area contributed by atoms with E-state index in [0.29, 0.717) is 0 Å². The maximum absolute atomic E-state index is 6.73. The molecule has 3 nitrogen and oxygen atoms in total. The van der Waals surface area contributed by atoms with Gasteiger partial charge in [0.05, 0.1) is 11.0 Å². The average Bonchev–Trinajstić information content (AvgIpc) is 3.54. The third-order valence-electron chi connectivity index (χ3n) is 9.08. The van der Waals surface area contributed by atoms with Gasteiger partial charge in [-0.2, -0.15) is 0 Å². The van der Waals surface area contributed by atoms with Crippen molar-refractivity contribution in [1.29, 1.82) is 0 Å². The standard InChI is InChI=1S/C45H30N2O/c1-2-13-36(14-3-1)47-42-19-9-8-18-41(42)46-45(47)34-27-22-31(23-28-34)35-29-26-33-25-24-32-12-4-5-15-37(32)38-16-6-10-20-43(38)48-44-21-11-7-17-39(44)40(33)30-35/h1-30H/b25-24-.